The largest absolute Gasteiger partial charge is 0.508 e. The second kappa shape index (κ2) is 14.9. The zero-order chi connectivity index (χ0) is 28.1. The minimum absolute atomic E-state index is 0.000975. The number of phenols is 1. The second-order valence-corrected chi connectivity index (χ2v) is 8.51. The molecule has 0 aliphatic heterocycles. The molecule has 0 saturated carbocycles. The topological polar surface area (TPSA) is 249 Å². The lowest BCUT2D eigenvalue weighted by molar-refractivity contribution is -0.142. The van der Waals surface area contributed by atoms with Crippen molar-refractivity contribution < 1.29 is 29.1 Å². The molecular formula is C23H36N8O6. The van der Waals surface area contributed by atoms with Gasteiger partial charge in [-0.1, -0.05) is 12.1 Å². The van der Waals surface area contributed by atoms with Crippen LogP contribution in [0.25, 0.3) is 0 Å². The van der Waals surface area contributed by atoms with Gasteiger partial charge in [-0.3, -0.25) is 29.0 Å². The van der Waals surface area contributed by atoms with Crippen molar-refractivity contribution in [2.75, 3.05) is 13.6 Å². The van der Waals surface area contributed by atoms with Crippen LogP contribution in [0.1, 0.15) is 38.2 Å². The van der Waals surface area contributed by atoms with Gasteiger partial charge in [0.05, 0.1) is 0 Å². The fourth-order valence-electron chi connectivity index (χ4n) is 3.59. The van der Waals surface area contributed by atoms with E-state index in [1.165, 1.54) is 26.1 Å². The van der Waals surface area contributed by atoms with E-state index in [1.54, 1.807) is 12.1 Å². The van der Waals surface area contributed by atoms with Gasteiger partial charge in [-0.2, -0.15) is 0 Å². The third kappa shape index (κ3) is 11.3. The number of likely N-dealkylation sites (N-methyl/N-ethyl adjacent to an activating group) is 1. The summed E-state index contributed by atoms with van der Waals surface area (Å²) in [6.07, 6.45) is 0.168. The Balaban J connectivity index is 3.15. The summed E-state index contributed by atoms with van der Waals surface area (Å²) in [6.45, 7) is 1.39. The van der Waals surface area contributed by atoms with E-state index in [4.69, 9.17) is 22.9 Å². The number of aliphatic imine (C=N–C) groups is 1. The molecule has 1 aromatic carbocycles. The van der Waals surface area contributed by atoms with Crippen LogP contribution in [0.3, 0.4) is 0 Å². The summed E-state index contributed by atoms with van der Waals surface area (Å²) in [5.41, 5.74) is 21.9. The Labute approximate surface area is 214 Å². The Bertz CT molecular complexity index is 1010. The molecule has 11 N–H and O–H groups in total. The monoisotopic (exact) mass is 520 g/mol. The van der Waals surface area contributed by atoms with E-state index < -0.39 is 47.7 Å². The number of nitrogens with zero attached hydrogens (tertiary/aromatic N) is 2. The fraction of sp³-hybridized carbons (Fsp3) is 0.478. The van der Waals surface area contributed by atoms with Gasteiger partial charge in [0.1, 0.15) is 23.9 Å². The molecule has 3 atom stereocenters. The molecule has 0 radical (unpaired) electrons. The number of hydrogen-bond donors (Lipinski definition) is 7. The molecular weight excluding hydrogens is 484 g/mol. The predicted molar refractivity (Wildman–Crippen MR) is 135 cm³/mol. The first-order valence-corrected chi connectivity index (χ1v) is 11.6. The quantitative estimate of drug-likeness (QED) is 0.0741. The maximum Gasteiger partial charge on any atom is 0.245 e. The number of rotatable bonds is 15. The van der Waals surface area contributed by atoms with E-state index in [0.29, 0.717) is 12.0 Å². The third-order valence-electron chi connectivity index (χ3n) is 5.41. The van der Waals surface area contributed by atoms with Gasteiger partial charge in [-0.05, 0) is 37.0 Å². The van der Waals surface area contributed by atoms with Crippen molar-refractivity contribution in [2.24, 2.45) is 27.9 Å². The summed E-state index contributed by atoms with van der Waals surface area (Å²) in [7, 11) is 1.36. The molecule has 0 aliphatic rings. The highest BCUT2D eigenvalue weighted by Crippen LogP contribution is 2.14. The highest BCUT2D eigenvalue weighted by Gasteiger charge is 2.33. The van der Waals surface area contributed by atoms with E-state index in [0.717, 1.165) is 4.90 Å². The van der Waals surface area contributed by atoms with Crippen LogP contribution >= 0.6 is 0 Å². The van der Waals surface area contributed by atoms with Crippen LogP contribution in [-0.4, -0.2) is 77.2 Å². The number of guanidine groups is 1. The maximum absolute atomic E-state index is 13.3. The molecule has 1 aromatic rings. The molecule has 1 rings (SSSR count). The standard InChI is InChI=1S/C23H36N8O6/c1-13(32)29-16(8-9-19(24)34)22(37)31(2)18(7-4-10-28-23(26)27)21(36)30-17(20(25)35)12-14-5-3-6-15(33)11-14/h3,5-6,11,16-18,33H,4,7-10,12H2,1-2H3,(H2,24,34)(H2,25,35)(H,29,32)(H,30,36)(H4,26,27,28)/t16-,17-,18-/m0/s1. The lowest BCUT2D eigenvalue weighted by Gasteiger charge is -2.31. The fourth-order valence-corrected chi connectivity index (χ4v) is 3.59. The highest BCUT2D eigenvalue weighted by atomic mass is 16.3. The van der Waals surface area contributed by atoms with Crippen LogP contribution in [-0.2, 0) is 30.4 Å². The second-order valence-electron chi connectivity index (χ2n) is 8.51. The van der Waals surface area contributed by atoms with Gasteiger partial charge < -0.3 is 43.6 Å². The van der Waals surface area contributed by atoms with Crippen LogP contribution in [0, 0.1) is 0 Å². The number of amides is 5. The molecule has 0 spiro atoms. The number of carbonyl (C=O) groups is 5. The lowest BCUT2D eigenvalue weighted by Crippen LogP contribution is -2.57. The van der Waals surface area contributed by atoms with Crippen molar-refractivity contribution in [3.05, 3.63) is 29.8 Å². The molecule has 0 aromatic heterocycles. The first-order valence-electron chi connectivity index (χ1n) is 11.6. The van der Waals surface area contributed by atoms with Crippen LogP contribution in [0.2, 0.25) is 0 Å². The number of nitrogens with one attached hydrogen (secondary N) is 2. The van der Waals surface area contributed by atoms with Crippen molar-refractivity contribution in [1.82, 2.24) is 15.5 Å². The van der Waals surface area contributed by atoms with Crippen LogP contribution in [0.5, 0.6) is 5.75 Å². The number of primary amides is 2. The molecule has 0 saturated heterocycles. The van der Waals surface area contributed by atoms with Gasteiger partial charge in [0.25, 0.3) is 0 Å². The Kier molecular flexibility index (Phi) is 12.4. The zero-order valence-electron chi connectivity index (χ0n) is 21.0. The van der Waals surface area contributed by atoms with Crippen molar-refractivity contribution in [3.8, 4) is 5.75 Å². The van der Waals surface area contributed by atoms with Crippen LogP contribution < -0.4 is 33.6 Å². The van der Waals surface area contributed by atoms with Crippen LogP contribution in [0.4, 0.5) is 0 Å². The van der Waals surface area contributed by atoms with Crippen molar-refractivity contribution in [3.63, 3.8) is 0 Å². The molecule has 0 fully saturated rings. The van der Waals surface area contributed by atoms with Gasteiger partial charge in [0.2, 0.25) is 29.5 Å². The lowest BCUT2D eigenvalue weighted by atomic mass is 10.0. The van der Waals surface area contributed by atoms with Gasteiger partial charge >= 0.3 is 0 Å². The molecule has 14 nitrogen and oxygen atoms in total. The van der Waals surface area contributed by atoms with Crippen molar-refractivity contribution in [2.45, 2.75) is 57.2 Å². The molecule has 0 heterocycles. The minimum atomic E-state index is -1.14. The predicted octanol–water partition coefficient (Wildman–Crippen LogP) is -2.44. The van der Waals surface area contributed by atoms with Crippen molar-refractivity contribution >= 4 is 35.5 Å². The third-order valence-corrected chi connectivity index (χ3v) is 5.41. The molecule has 204 valence electrons. The first kappa shape index (κ1) is 30.7. The molecule has 37 heavy (non-hydrogen) atoms. The van der Waals surface area contributed by atoms with E-state index in [-0.39, 0.29) is 43.9 Å². The van der Waals surface area contributed by atoms with Gasteiger partial charge in [-0.25, -0.2) is 0 Å². The van der Waals surface area contributed by atoms with Gasteiger partial charge in [0.15, 0.2) is 5.96 Å². The molecule has 5 amide bonds. The average Bonchev–Trinajstić information content (AvgIpc) is 2.79. The van der Waals surface area contributed by atoms with E-state index in [1.807, 2.05) is 0 Å². The number of aromatic hydroxyl groups is 1. The van der Waals surface area contributed by atoms with E-state index >= 15 is 0 Å². The average molecular weight is 521 g/mol. The SMILES string of the molecule is CC(=O)N[C@@H](CCC(N)=O)C(=O)N(C)[C@@H](CCCN=C(N)N)C(=O)N[C@@H](Cc1cccc(O)c1)C(N)=O. The highest BCUT2D eigenvalue weighted by molar-refractivity contribution is 5.94. The molecule has 0 aliphatic carbocycles. The summed E-state index contributed by atoms with van der Waals surface area (Å²) >= 11 is 0. The minimum Gasteiger partial charge on any atom is -0.508 e. The number of hydrogen-bond acceptors (Lipinski definition) is 7. The number of phenolic OH excluding ortho intramolecular Hbond substituents is 1. The Morgan fingerprint density at radius 1 is 1.03 bits per heavy atom. The molecule has 0 bridgehead atoms. The molecule has 14 heteroatoms. The summed E-state index contributed by atoms with van der Waals surface area (Å²) in [6, 6.07) is 2.77. The summed E-state index contributed by atoms with van der Waals surface area (Å²) in [5.74, 6) is -3.46. The molecule has 0 unspecified atom stereocenters. The Morgan fingerprint density at radius 2 is 1.70 bits per heavy atom. The summed E-state index contributed by atoms with van der Waals surface area (Å²) in [4.78, 5) is 66.5. The van der Waals surface area contributed by atoms with Crippen molar-refractivity contribution in [1.29, 1.82) is 0 Å². The first-order chi connectivity index (χ1) is 17.3. The number of carbonyl (C=O) groups excluding carboxylic acids is 5. The van der Waals surface area contributed by atoms with E-state index in [9.17, 15) is 29.1 Å². The Hall–Kier alpha value is -4.36. The normalized spacial score (nSPS) is 12.9. The summed E-state index contributed by atoms with van der Waals surface area (Å²) in [5, 5.41) is 14.7. The number of nitrogens with two attached hydrogens (primary N) is 4. The number of benzene rings is 1. The Morgan fingerprint density at radius 3 is 2.24 bits per heavy atom. The zero-order valence-corrected chi connectivity index (χ0v) is 21.0. The maximum atomic E-state index is 13.3. The van der Waals surface area contributed by atoms with Crippen LogP contribution in [0.15, 0.2) is 29.3 Å². The summed E-state index contributed by atoms with van der Waals surface area (Å²) < 4.78 is 0. The van der Waals surface area contributed by atoms with E-state index in [2.05, 4.69) is 15.6 Å². The van der Waals surface area contributed by atoms with Gasteiger partial charge in [-0.15, -0.1) is 0 Å². The smallest absolute Gasteiger partial charge is 0.245 e. The van der Waals surface area contributed by atoms with Gasteiger partial charge in [0, 0.05) is 33.4 Å².